The Balaban J connectivity index is 0.00000420. The smallest absolute Gasteiger partial charge is 0.548 e. The van der Waals surface area contributed by atoms with Gasteiger partial charge in [0, 0.05) is 23.5 Å². The Bertz CT molecular complexity index is 1460. The van der Waals surface area contributed by atoms with Crippen molar-refractivity contribution in [3.63, 3.8) is 0 Å². The van der Waals surface area contributed by atoms with Crippen LogP contribution in [0.4, 0.5) is 0 Å². The Labute approximate surface area is 246 Å². The molecule has 0 radical (unpaired) electrons. The van der Waals surface area contributed by atoms with E-state index in [4.69, 9.17) is 0 Å². The fourth-order valence-electron chi connectivity index (χ4n) is 4.21. The van der Waals surface area contributed by atoms with Crippen molar-refractivity contribution in [1.82, 2.24) is 10.3 Å². The summed E-state index contributed by atoms with van der Waals surface area (Å²) in [6, 6.07) is 24.5. The van der Waals surface area contributed by atoms with Crippen LogP contribution >= 0.6 is 11.8 Å². The second-order valence-electron chi connectivity index (χ2n) is 8.95. The maximum atomic E-state index is 13.3. The number of hydrogen-bond donors (Lipinski definition) is 1. The van der Waals surface area contributed by atoms with Gasteiger partial charge < -0.3 is 15.2 Å². The number of carboxylic acids is 1. The number of hydrogen-bond acceptors (Lipinski definition) is 5. The molecule has 0 aliphatic rings. The average Bonchev–Trinajstić information content (AvgIpc) is 2.94. The van der Waals surface area contributed by atoms with Crippen LogP contribution in [-0.4, -0.2) is 34.9 Å². The monoisotopic (exact) mass is 528 g/mol. The number of aryl methyl sites for hydroxylation is 1. The number of amides is 1. The number of aromatic nitrogens is 1. The van der Waals surface area contributed by atoms with E-state index in [1.165, 1.54) is 11.8 Å². The molecule has 1 N–H and O–H groups in total. The van der Waals surface area contributed by atoms with Gasteiger partial charge in [-0.15, -0.1) is 0 Å². The zero-order valence-electron chi connectivity index (χ0n) is 22.4. The summed E-state index contributed by atoms with van der Waals surface area (Å²) in [6.45, 7) is 1.99. The number of aliphatic carboxylic acids is 1. The Morgan fingerprint density at radius 3 is 2.33 bits per heavy atom. The summed E-state index contributed by atoms with van der Waals surface area (Å²) in [7, 11) is 0. The molecule has 1 atom stereocenters. The van der Waals surface area contributed by atoms with E-state index in [0.29, 0.717) is 17.7 Å². The summed E-state index contributed by atoms with van der Waals surface area (Å²) >= 11 is 1.52. The molecule has 1 aromatic heterocycles. The summed E-state index contributed by atoms with van der Waals surface area (Å²) in [5, 5.41) is 14.3. The minimum absolute atomic E-state index is 0. The van der Waals surface area contributed by atoms with Crippen molar-refractivity contribution in [2.75, 3.05) is 12.0 Å². The molecule has 0 fully saturated rings. The van der Waals surface area contributed by atoms with Crippen molar-refractivity contribution in [2.24, 2.45) is 0 Å². The molecule has 39 heavy (non-hydrogen) atoms. The van der Waals surface area contributed by atoms with E-state index in [0.717, 1.165) is 38.9 Å². The fourth-order valence-corrected chi connectivity index (χ4v) is 4.68. The van der Waals surface area contributed by atoms with Gasteiger partial charge in [0.2, 0.25) is 0 Å². The summed E-state index contributed by atoms with van der Waals surface area (Å²) in [6.07, 6.45) is 9.82. The van der Waals surface area contributed by atoms with Crippen molar-refractivity contribution < 1.29 is 33.6 Å². The fraction of sp³-hybridized carbons (Fsp3) is 0.156. The number of carbonyl (C=O) groups excluding carboxylic acids is 2. The second kappa shape index (κ2) is 14.6. The van der Waals surface area contributed by atoms with Crippen LogP contribution in [0, 0.1) is 6.92 Å². The molecule has 5 nitrogen and oxygen atoms in total. The van der Waals surface area contributed by atoms with Gasteiger partial charge in [0.25, 0.3) is 5.91 Å². The van der Waals surface area contributed by atoms with E-state index >= 15 is 0 Å². The second-order valence-corrected chi connectivity index (χ2v) is 9.94. The van der Waals surface area contributed by atoms with E-state index in [1.54, 1.807) is 6.07 Å². The third-order valence-electron chi connectivity index (χ3n) is 6.26. The third kappa shape index (κ3) is 7.97. The Kier molecular flexibility index (Phi) is 11.2. The summed E-state index contributed by atoms with van der Waals surface area (Å²) in [5.41, 5.74) is 7.07. The number of rotatable bonds is 10. The quantitative estimate of drug-likeness (QED) is 0.320. The standard InChI is InChI=1S/C32H30N2O3S.Li/c1-22-8-6-7-11-27(22)29-19-23(14-15-28(29)31(35)34-30(32(36)37)16-17-38-2)12-13-24-18-26(21-33-20-24)25-9-4-3-5-10-25;/h3-15,18-21,30H,16-17H2,1-2H3,(H,34,35)(H,36,37);/q;+1/p-1/t30-;/m0./s1. The molecule has 192 valence electrons. The number of nitrogens with zero attached hydrogens (tertiary/aromatic N) is 1. The van der Waals surface area contributed by atoms with Crippen molar-refractivity contribution in [1.29, 1.82) is 0 Å². The molecule has 4 aromatic rings. The van der Waals surface area contributed by atoms with Crippen molar-refractivity contribution in [3.05, 3.63) is 114 Å². The first kappa shape index (κ1) is 30.0. The molecule has 1 amide bonds. The van der Waals surface area contributed by atoms with Crippen molar-refractivity contribution in [3.8, 4) is 22.3 Å². The molecule has 0 saturated heterocycles. The van der Waals surface area contributed by atoms with E-state index in [9.17, 15) is 14.7 Å². The van der Waals surface area contributed by atoms with Crippen molar-refractivity contribution in [2.45, 2.75) is 19.4 Å². The predicted octanol–water partition coefficient (Wildman–Crippen LogP) is 2.50. The van der Waals surface area contributed by atoms with Gasteiger partial charge in [-0.05, 0) is 76.9 Å². The normalized spacial score (nSPS) is 11.5. The number of carbonyl (C=O) groups is 2. The molecule has 0 bridgehead atoms. The summed E-state index contributed by atoms with van der Waals surface area (Å²) in [5.74, 6) is -1.11. The maximum absolute atomic E-state index is 13.3. The zero-order chi connectivity index (χ0) is 26.9. The SMILES string of the molecule is CSCC[C@H](NC(=O)c1ccc(C=Cc2cncc(-c3ccccc3)c2)cc1-c1ccccc1C)C(=O)[O-].[Li+]. The van der Waals surface area contributed by atoms with Gasteiger partial charge in [-0.25, -0.2) is 0 Å². The van der Waals surface area contributed by atoms with Gasteiger partial charge in [-0.1, -0.05) is 72.8 Å². The minimum Gasteiger partial charge on any atom is -0.548 e. The van der Waals surface area contributed by atoms with Crippen molar-refractivity contribution >= 4 is 35.8 Å². The molecular formula is C32H29LiN2O3S. The molecule has 0 aliphatic carbocycles. The first-order valence-corrected chi connectivity index (χ1v) is 13.7. The largest absolute Gasteiger partial charge is 1.00 e. The molecule has 3 aromatic carbocycles. The van der Waals surface area contributed by atoms with Crippen LogP contribution < -0.4 is 29.3 Å². The first-order chi connectivity index (χ1) is 18.5. The van der Waals surface area contributed by atoms with Gasteiger partial charge in [-0.3, -0.25) is 9.78 Å². The topological polar surface area (TPSA) is 82.1 Å². The van der Waals surface area contributed by atoms with Crippen LogP contribution in [0.2, 0.25) is 0 Å². The van der Waals surface area contributed by atoms with Gasteiger partial charge in [0.05, 0.1) is 12.0 Å². The van der Waals surface area contributed by atoms with Crippen LogP contribution in [0.3, 0.4) is 0 Å². The Morgan fingerprint density at radius 2 is 1.62 bits per heavy atom. The van der Waals surface area contributed by atoms with Crippen LogP contribution in [0.1, 0.15) is 33.5 Å². The minimum atomic E-state index is -1.28. The predicted molar refractivity (Wildman–Crippen MR) is 154 cm³/mol. The molecule has 0 spiro atoms. The van der Waals surface area contributed by atoms with Gasteiger partial charge in [0.15, 0.2) is 0 Å². The van der Waals surface area contributed by atoms with E-state index < -0.39 is 17.9 Å². The van der Waals surface area contributed by atoms with Gasteiger partial charge in [-0.2, -0.15) is 11.8 Å². The average molecular weight is 529 g/mol. The van der Waals surface area contributed by atoms with E-state index in [-0.39, 0.29) is 18.9 Å². The van der Waals surface area contributed by atoms with E-state index in [2.05, 4.69) is 28.5 Å². The summed E-state index contributed by atoms with van der Waals surface area (Å²) < 4.78 is 0. The Hall–Kier alpha value is -3.56. The molecule has 4 rings (SSSR count). The number of nitrogens with one attached hydrogen (secondary N) is 1. The summed E-state index contributed by atoms with van der Waals surface area (Å²) in [4.78, 5) is 29.3. The zero-order valence-corrected chi connectivity index (χ0v) is 23.2. The van der Waals surface area contributed by atoms with Crippen LogP contribution in [0.5, 0.6) is 0 Å². The van der Waals surface area contributed by atoms with Gasteiger partial charge in [0.1, 0.15) is 0 Å². The maximum Gasteiger partial charge on any atom is 1.00 e. The molecular weight excluding hydrogens is 499 g/mol. The third-order valence-corrected chi connectivity index (χ3v) is 6.90. The molecule has 1 heterocycles. The molecule has 0 aliphatic heterocycles. The van der Waals surface area contributed by atoms with Crippen LogP contribution in [0.25, 0.3) is 34.4 Å². The number of benzene rings is 3. The number of carboxylic acid groups (broad SMARTS) is 1. The Morgan fingerprint density at radius 1 is 0.897 bits per heavy atom. The van der Waals surface area contributed by atoms with Crippen LogP contribution in [-0.2, 0) is 4.79 Å². The molecule has 7 heteroatoms. The van der Waals surface area contributed by atoms with Crippen LogP contribution in [0.15, 0.2) is 91.3 Å². The molecule has 0 unspecified atom stereocenters. The number of thioether (sulfide) groups is 1. The first-order valence-electron chi connectivity index (χ1n) is 12.4. The van der Waals surface area contributed by atoms with E-state index in [1.807, 2.05) is 92.3 Å². The van der Waals surface area contributed by atoms with Gasteiger partial charge >= 0.3 is 18.9 Å². The number of pyridine rings is 1. The molecule has 0 saturated carbocycles.